The third-order valence-electron chi connectivity index (χ3n) is 3.92. The minimum absolute atomic E-state index is 0.897. The lowest BCUT2D eigenvalue weighted by Gasteiger charge is -2.13. The van der Waals surface area contributed by atoms with Gasteiger partial charge in [-0.3, -0.25) is 0 Å². The number of hydrogen-bond donors (Lipinski definition) is 0. The molecule has 1 aliphatic rings. The van der Waals surface area contributed by atoms with Crippen LogP contribution < -0.4 is 0 Å². The number of benzene rings is 1. The molecule has 1 aliphatic carbocycles. The second kappa shape index (κ2) is 4.86. The van der Waals surface area contributed by atoms with E-state index in [4.69, 9.17) is 0 Å². The van der Waals surface area contributed by atoms with Crippen LogP contribution in [0.1, 0.15) is 48.8 Å². The first-order valence-electron chi connectivity index (χ1n) is 6.42. The van der Waals surface area contributed by atoms with Crippen molar-refractivity contribution in [3.63, 3.8) is 0 Å². The topological polar surface area (TPSA) is 0 Å². The van der Waals surface area contributed by atoms with Crippen molar-refractivity contribution in [2.45, 2.75) is 46.0 Å². The van der Waals surface area contributed by atoms with Crippen LogP contribution in [-0.2, 0) is 0 Å². The molecule has 0 atom stereocenters. The molecule has 1 fully saturated rings. The summed E-state index contributed by atoms with van der Waals surface area (Å²) in [6.07, 6.45) is 6.85. The van der Waals surface area contributed by atoms with Gasteiger partial charge in [0.2, 0.25) is 0 Å². The number of aryl methyl sites for hydroxylation is 2. The monoisotopic (exact) mass is 214 g/mol. The molecule has 0 unspecified atom stereocenters. The summed E-state index contributed by atoms with van der Waals surface area (Å²) in [5.41, 5.74) is 5.42. The van der Waals surface area contributed by atoms with Gasteiger partial charge in [0.15, 0.2) is 0 Å². The molecule has 0 heterocycles. The molecule has 0 nitrogen and oxygen atoms in total. The van der Waals surface area contributed by atoms with Crippen molar-refractivity contribution in [2.75, 3.05) is 0 Å². The molecule has 0 bridgehead atoms. The summed E-state index contributed by atoms with van der Waals surface area (Å²) < 4.78 is 0. The molecule has 1 aromatic rings. The van der Waals surface area contributed by atoms with Crippen molar-refractivity contribution in [3.05, 3.63) is 41.5 Å². The highest BCUT2D eigenvalue weighted by molar-refractivity contribution is 5.64. The number of hydrogen-bond acceptors (Lipinski definition) is 0. The molecule has 0 aromatic heterocycles. The van der Waals surface area contributed by atoms with Gasteiger partial charge in [0.05, 0.1) is 0 Å². The number of allylic oxidation sites excluding steroid dienone is 1. The Hall–Kier alpha value is -1.04. The highest BCUT2D eigenvalue weighted by Crippen LogP contribution is 2.33. The quantitative estimate of drug-likeness (QED) is 0.671. The zero-order chi connectivity index (χ0) is 11.5. The lowest BCUT2D eigenvalue weighted by atomic mass is 9.93. The van der Waals surface area contributed by atoms with Gasteiger partial charge in [-0.25, -0.2) is 0 Å². The third-order valence-corrected chi connectivity index (χ3v) is 3.92. The molecule has 0 spiro atoms. The minimum Gasteiger partial charge on any atom is -0.0952 e. The molecule has 2 rings (SSSR count). The van der Waals surface area contributed by atoms with Crippen molar-refractivity contribution in [3.8, 4) is 0 Å². The zero-order valence-electron chi connectivity index (χ0n) is 10.6. The first-order valence-corrected chi connectivity index (χ1v) is 6.42. The van der Waals surface area contributed by atoms with E-state index in [0.29, 0.717) is 0 Å². The van der Waals surface area contributed by atoms with Gasteiger partial charge in [0.1, 0.15) is 0 Å². The van der Waals surface area contributed by atoms with Gasteiger partial charge in [-0.2, -0.15) is 0 Å². The van der Waals surface area contributed by atoms with Crippen LogP contribution in [0.15, 0.2) is 24.8 Å². The summed E-state index contributed by atoms with van der Waals surface area (Å²) in [4.78, 5) is 0. The van der Waals surface area contributed by atoms with E-state index in [9.17, 15) is 0 Å². The van der Waals surface area contributed by atoms with Crippen molar-refractivity contribution in [1.29, 1.82) is 0 Å². The SMILES string of the molecule is C=C(CC1CCCC1)c1ccc(C)c(C)c1. The Labute approximate surface area is 99.4 Å². The second-order valence-electron chi connectivity index (χ2n) is 5.26. The molecule has 0 amide bonds. The van der Waals surface area contributed by atoms with Crippen LogP contribution in [0.5, 0.6) is 0 Å². The maximum Gasteiger partial charge on any atom is -0.0228 e. The zero-order valence-corrected chi connectivity index (χ0v) is 10.6. The molecule has 0 N–H and O–H groups in total. The van der Waals surface area contributed by atoms with Crippen molar-refractivity contribution in [1.82, 2.24) is 0 Å². The van der Waals surface area contributed by atoms with Gasteiger partial charge in [0, 0.05) is 0 Å². The van der Waals surface area contributed by atoms with Gasteiger partial charge in [-0.1, -0.05) is 50.5 Å². The van der Waals surface area contributed by atoms with Crippen LogP contribution in [0.4, 0.5) is 0 Å². The third kappa shape index (κ3) is 2.55. The molecule has 1 saturated carbocycles. The number of rotatable bonds is 3. The summed E-state index contributed by atoms with van der Waals surface area (Å²) in [7, 11) is 0. The Kier molecular flexibility index (Phi) is 3.48. The first kappa shape index (κ1) is 11.4. The summed E-state index contributed by atoms with van der Waals surface area (Å²) in [6.45, 7) is 8.61. The largest absolute Gasteiger partial charge is 0.0952 e. The Morgan fingerprint density at radius 2 is 1.88 bits per heavy atom. The fraction of sp³-hybridized carbons (Fsp3) is 0.500. The average molecular weight is 214 g/mol. The van der Waals surface area contributed by atoms with Crippen LogP contribution >= 0.6 is 0 Å². The minimum atomic E-state index is 0.897. The van der Waals surface area contributed by atoms with Gasteiger partial charge in [-0.05, 0) is 48.4 Å². The van der Waals surface area contributed by atoms with Gasteiger partial charge in [0.25, 0.3) is 0 Å². The molecular formula is C16H22. The lowest BCUT2D eigenvalue weighted by Crippen LogP contribution is -1.95. The Bertz CT molecular complexity index is 381. The molecular weight excluding hydrogens is 192 g/mol. The highest BCUT2D eigenvalue weighted by Gasteiger charge is 2.16. The summed E-state index contributed by atoms with van der Waals surface area (Å²) in [5, 5.41) is 0. The van der Waals surface area contributed by atoms with Gasteiger partial charge < -0.3 is 0 Å². The van der Waals surface area contributed by atoms with E-state index >= 15 is 0 Å². The predicted octanol–water partition coefficient (Wildman–Crippen LogP) is 4.90. The van der Waals surface area contributed by atoms with E-state index in [1.807, 2.05) is 0 Å². The molecule has 1 aromatic carbocycles. The van der Waals surface area contributed by atoms with E-state index in [1.54, 1.807) is 0 Å². The maximum absolute atomic E-state index is 4.26. The smallest absolute Gasteiger partial charge is 0.0228 e. The average Bonchev–Trinajstić information content (AvgIpc) is 2.74. The highest BCUT2D eigenvalue weighted by atomic mass is 14.2. The van der Waals surface area contributed by atoms with Crippen molar-refractivity contribution >= 4 is 5.57 Å². The van der Waals surface area contributed by atoms with E-state index < -0.39 is 0 Å². The molecule has 0 aliphatic heterocycles. The maximum atomic E-state index is 4.26. The molecule has 86 valence electrons. The van der Waals surface area contributed by atoms with Gasteiger partial charge >= 0.3 is 0 Å². The normalized spacial score (nSPS) is 16.6. The van der Waals surface area contributed by atoms with Crippen LogP contribution in [0, 0.1) is 19.8 Å². The van der Waals surface area contributed by atoms with Crippen LogP contribution in [0.3, 0.4) is 0 Å². The summed E-state index contributed by atoms with van der Waals surface area (Å²) >= 11 is 0. The Morgan fingerprint density at radius 1 is 1.19 bits per heavy atom. The van der Waals surface area contributed by atoms with Crippen LogP contribution in [0.2, 0.25) is 0 Å². The van der Waals surface area contributed by atoms with Gasteiger partial charge in [-0.15, -0.1) is 0 Å². The Morgan fingerprint density at radius 3 is 2.50 bits per heavy atom. The molecule has 0 heteroatoms. The summed E-state index contributed by atoms with van der Waals surface area (Å²) in [6, 6.07) is 6.72. The summed E-state index contributed by atoms with van der Waals surface area (Å²) in [5.74, 6) is 0.897. The lowest BCUT2D eigenvalue weighted by molar-refractivity contribution is 0.566. The molecule has 0 radical (unpaired) electrons. The predicted molar refractivity (Wildman–Crippen MR) is 71.5 cm³/mol. The van der Waals surface area contributed by atoms with Crippen LogP contribution in [0.25, 0.3) is 5.57 Å². The standard InChI is InChI=1S/C16H22/c1-12-8-9-16(11-13(12)2)14(3)10-15-6-4-5-7-15/h8-9,11,15H,3-7,10H2,1-2H3. The van der Waals surface area contributed by atoms with Crippen molar-refractivity contribution < 1.29 is 0 Å². The van der Waals surface area contributed by atoms with E-state index in [0.717, 1.165) is 5.92 Å². The van der Waals surface area contributed by atoms with Crippen LogP contribution in [-0.4, -0.2) is 0 Å². The van der Waals surface area contributed by atoms with E-state index in [2.05, 4.69) is 38.6 Å². The second-order valence-corrected chi connectivity index (χ2v) is 5.26. The Balaban J connectivity index is 2.05. The van der Waals surface area contributed by atoms with E-state index in [1.165, 1.54) is 54.4 Å². The first-order chi connectivity index (χ1) is 7.66. The molecule has 16 heavy (non-hydrogen) atoms. The molecule has 0 saturated heterocycles. The van der Waals surface area contributed by atoms with Crippen molar-refractivity contribution in [2.24, 2.45) is 5.92 Å². The van der Waals surface area contributed by atoms with E-state index in [-0.39, 0.29) is 0 Å². The fourth-order valence-corrected chi connectivity index (χ4v) is 2.64. The fourth-order valence-electron chi connectivity index (χ4n) is 2.64.